The Hall–Kier alpha value is -1.62. The molecule has 0 aliphatic heterocycles. The van der Waals surface area contributed by atoms with Gasteiger partial charge in [0.2, 0.25) is 0 Å². The Morgan fingerprint density at radius 2 is 1.32 bits per heavy atom. The fraction of sp³-hybridized carbons (Fsp3) is 0.719. The number of benzene rings is 1. The molecule has 34 heavy (non-hydrogen) atoms. The monoisotopic (exact) mass is 465 g/mol. The van der Waals surface area contributed by atoms with Gasteiger partial charge >= 0.3 is 0 Å². The van der Waals surface area contributed by atoms with E-state index in [4.69, 9.17) is 5.26 Å². The Labute approximate surface area is 209 Å². The second-order valence-corrected chi connectivity index (χ2v) is 11.3. The van der Waals surface area contributed by atoms with E-state index in [-0.39, 0.29) is 0 Å². The van der Waals surface area contributed by atoms with Crippen LogP contribution in [0.25, 0.3) is 0 Å². The first-order chi connectivity index (χ1) is 16.7. The summed E-state index contributed by atoms with van der Waals surface area (Å²) < 4.78 is 13.2. The van der Waals surface area contributed by atoms with E-state index in [0.717, 1.165) is 30.6 Å². The highest BCUT2D eigenvalue weighted by Gasteiger charge is 2.30. The van der Waals surface area contributed by atoms with Crippen LogP contribution >= 0.6 is 0 Å². The molecule has 0 N–H and O–H groups in total. The third-order valence-corrected chi connectivity index (χ3v) is 8.78. The average molecular weight is 466 g/mol. The predicted molar refractivity (Wildman–Crippen MR) is 142 cm³/mol. The number of nitriles is 1. The molecule has 0 saturated heterocycles. The van der Waals surface area contributed by atoms with Gasteiger partial charge in [0.15, 0.2) is 5.83 Å². The molecule has 2 aliphatic rings. The summed E-state index contributed by atoms with van der Waals surface area (Å²) >= 11 is 0. The van der Waals surface area contributed by atoms with Crippen molar-refractivity contribution < 1.29 is 4.39 Å². The first-order valence-corrected chi connectivity index (χ1v) is 14.5. The van der Waals surface area contributed by atoms with Gasteiger partial charge in [-0.3, -0.25) is 0 Å². The topological polar surface area (TPSA) is 23.8 Å². The Balaban J connectivity index is 1.24. The van der Waals surface area contributed by atoms with Crippen LogP contribution in [0.1, 0.15) is 121 Å². The van der Waals surface area contributed by atoms with E-state index in [1.165, 1.54) is 114 Å². The number of hydrogen-bond donors (Lipinski definition) is 0. The molecule has 1 nitrogen and oxygen atoms in total. The minimum Gasteiger partial charge on any atom is -0.195 e. The van der Waals surface area contributed by atoms with Crippen molar-refractivity contribution in [1.29, 1.82) is 5.26 Å². The molecule has 0 spiro atoms. The highest BCUT2D eigenvalue weighted by Crippen LogP contribution is 2.42. The van der Waals surface area contributed by atoms with Gasteiger partial charge in [0, 0.05) is 0 Å². The van der Waals surface area contributed by atoms with Crippen molar-refractivity contribution in [2.24, 2.45) is 23.7 Å². The van der Waals surface area contributed by atoms with Crippen molar-refractivity contribution in [2.45, 2.75) is 122 Å². The van der Waals surface area contributed by atoms with Gasteiger partial charge in [-0.05, 0) is 105 Å². The van der Waals surface area contributed by atoms with Gasteiger partial charge in [0.05, 0.1) is 0 Å². The highest BCUT2D eigenvalue weighted by molar-refractivity contribution is 5.22. The molecule has 0 unspecified atom stereocenters. The molecule has 2 aliphatic carbocycles. The molecule has 2 fully saturated rings. The summed E-state index contributed by atoms with van der Waals surface area (Å²) in [5, 5.41) is 8.64. The first kappa shape index (κ1) is 27.0. The minimum atomic E-state index is -0.589. The van der Waals surface area contributed by atoms with Gasteiger partial charge < -0.3 is 0 Å². The van der Waals surface area contributed by atoms with E-state index < -0.39 is 5.83 Å². The van der Waals surface area contributed by atoms with E-state index in [9.17, 15) is 4.39 Å². The summed E-state index contributed by atoms with van der Waals surface area (Å²) in [7, 11) is 0. The van der Waals surface area contributed by atoms with Crippen LogP contribution in [0.3, 0.4) is 0 Å². The Bertz CT molecular complexity index is 742. The summed E-state index contributed by atoms with van der Waals surface area (Å²) in [6.07, 6.45) is 25.2. The van der Waals surface area contributed by atoms with Crippen LogP contribution in [-0.4, -0.2) is 0 Å². The fourth-order valence-corrected chi connectivity index (χ4v) is 6.54. The smallest absolute Gasteiger partial charge is 0.195 e. The predicted octanol–water partition coefficient (Wildman–Crippen LogP) is 9.90. The third kappa shape index (κ3) is 9.56. The van der Waals surface area contributed by atoms with Crippen molar-refractivity contribution in [3.8, 4) is 6.07 Å². The third-order valence-electron chi connectivity index (χ3n) is 8.78. The summed E-state index contributed by atoms with van der Waals surface area (Å²) in [6.45, 7) is 2.28. The minimum absolute atomic E-state index is 0.291. The Morgan fingerprint density at radius 1 is 0.794 bits per heavy atom. The maximum absolute atomic E-state index is 13.2. The lowest BCUT2D eigenvalue weighted by atomic mass is 9.68. The van der Waals surface area contributed by atoms with Gasteiger partial charge in [-0.1, -0.05) is 82.6 Å². The number of unbranched alkanes of at least 4 members (excludes halogenated alkanes) is 5. The highest BCUT2D eigenvalue weighted by atomic mass is 19.1. The van der Waals surface area contributed by atoms with Crippen LogP contribution in [0.5, 0.6) is 0 Å². The lowest BCUT2D eigenvalue weighted by Crippen LogP contribution is -2.25. The van der Waals surface area contributed by atoms with Crippen LogP contribution in [0.15, 0.2) is 36.2 Å². The molecule has 0 atom stereocenters. The van der Waals surface area contributed by atoms with Gasteiger partial charge in [-0.25, -0.2) is 0 Å². The Morgan fingerprint density at radius 3 is 1.88 bits per heavy atom. The van der Waals surface area contributed by atoms with Crippen molar-refractivity contribution in [1.82, 2.24) is 0 Å². The zero-order valence-corrected chi connectivity index (χ0v) is 21.7. The van der Waals surface area contributed by atoms with Crippen LogP contribution in [-0.2, 0) is 12.8 Å². The average Bonchev–Trinajstić information content (AvgIpc) is 2.88. The summed E-state index contributed by atoms with van der Waals surface area (Å²) in [4.78, 5) is 0. The zero-order chi connectivity index (χ0) is 24.0. The van der Waals surface area contributed by atoms with E-state index in [1.54, 1.807) is 12.1 Å². The van der Waals surface area contributed by atoms with Gasteiger partial charge in [0.1, 0.15) is 6.07 Å². The second kappa shape index (κ2) is 15.4. The van der Waals surface area contributed by atoms with E-state index >= 15 is 0 Å². The van der Waals surface area contributed by atoms with Crippen LogP contribution < -0.4 is 0 Å². The molecule has 2 heteroatoms. The standard InChI is InChI=1S/C32H48FN/c1-2-3-4-5-6-9-26-12-14-27(15-13-26)10-7-8-11-28-16-20-30(21-17-28)31-22-18-29(19-23-31)24-32(33)25-34/h12-15,24,28-31H,2-11,16-23H2,1H3/b32-24+/t28-,29?,30-,31?. The fourth-order valence-electron chi connectivity index (χ4n) is 6.54. The number of hydrogen-bond acceptors (Lipinski definition) is 1. The van der Waals surface area contributed by atoms with Crippen LogP contribution in [0, 0.1) is 35.0 Å². The van der Waals surface area contributed by atoms with Crippen molar-refractivity contribution in [3.63, 3.8) is 0 Å². The maximum Gasteiger partial charge on any atom is 0.196 e. The van der Waals surface area contributed by atoms with E-state index in [2.05, 4.69) is 31.2 Å². The van der Waals surface area contributed by atoms with Gasteiger partial charge in [-0.15, -0.1) is 0 Å². The summed E-state index contributed by atoms with van der Waals surface area (Å²) in [5.74, 6) is 2.38. The normalized spacial score (nSPS) is 25.7. The lowest BCUT2D eigenvalue weighted by molar-refractivity contribution is 0.151. The molecule has 2 saturated carbocycles. The Kier molecular flexibility index (Phi) is 12.2. The second-order valence-electron chi connectivity index (χ2n) is 11.3. The summed E-state index contributed by atoms with van der Waals surface area (Å²) in [6, 6.07) is 11.1. The molecule has 0 amide bonds. The molecule has 3 rings (SSSR count). The number of halogens is 1. The number of rotatable bonds is 13. The molecule has 0 bridgehead atoms. The zero-order valence-electron chi connectivity index (χ0n) is 21.7. The van der Waals surface area contributed by atoms with Gasteiger partial charge in [0.25, 0.3) is 0 Å². The maximum atomic E-state index is 13.2. The van der Waals surface area contributed by atoms with Crippen molar-refractivity contribution in [3.05, 3.63) is 47.3 Å². The molecule has 1 aromatic carbocycles. The molecule has 1 aromatic rings. The largest absolute Gasteiger partial charge is 0.196 e. The molecule has 188 valence electrons. The lowest BCUT2D eigenvalue weighted by Gasteiger charge is -2.37. The quantitative estimate of drug-likeness (QED) is 0.210. The van der Waals surface area contributed by atoms with E-state index in [0.29, 0.717) is 5.92 Å². The molecule has 0 heterocycles. The van der Waals surface area contributed by atoms with Crippen molar-refractivity contribution >= 4 is 0 Å². The molecule has 0 aromatic heterocycles. The van der Waals surface area contributed by atoms with Crippen LogP contribution in [0.2, 0.25) is 0 Å². The number of nitrogens with zero attached hydrogens (tertiary/aromatic N) is 1. The summed E-state index contributed by atoms with van der Waals surface area (Å²) in [5.41, 5.74) is 3.02. The van der Waals surface area contributed by atoms with Crippen LogP contribution in [0.4, 0.5) is 4.39 Å². The first-order valence-electron chi connectivity index (χ1n) is 14.5. The molecule has 0 radical (unpaired) electrons. The van der Waals surface area contributed by atoms with Gasteiger partial charge in [-0.2, -0.15) is 9.65 Å². The molecular formula is C32H48FN. The SMILES string of the molecule is CCCCCCCc1ccc(CCCC[C@H]2CC[C@H](C3CCC(/C=C(/F)C#N)CC3)CC2)cc1. The molecular weight excluding hydrogens is 417 g/mol. The number of allylic oxidation sites excluding steroid dienone is 2. The number of aryl methyl sites for hydroxylation is 2. The van der Waals surface area contributed by atoms with E-state index in [1.807, 2.05) is 0 Å². The van der Waals surface area contributed by atoms with Crippen molar-refractivity contribution in [2.75, 3.05) is 0 Å².